The molecule has 4 N–H and O–H groups in total. The average Bonchev–Trinajstić information content (AvgIpc) is 2.75. The van der Waals surface area contributed by atoms with Crippen LogP contribution in [0.1, 0.15) is 85.3 Å². The van der Waals surface area contributed by atoms with Gasteiger partial charge in [0.15, 0.2) is 15.8 Å². The molecule has 0 heterocycles. The van der Waals surface area contributed by atoms with Crippen LogP contribution in [0.5, 0.6) is 5.75 Å². The van der Waals surface area contributed by atoms with Crippen molar-refractivity contribution in [2.24, 2.45) is 23.5 Å². The number of unbranched alkanes of at least 4 members (excludes halogenated alkanes) is 1. The van der Waals surface area contributed by atoms with Gasteiger partial charge in [-0.05, 0) is 60.1 Å². The van der Waals surface area contributed by atoms with Gasteiger partial charge in [-0.25, -0.2) is 8.42 Å². The third-order valence-corrected chi connectivity index (χ3v) is 7.21. The maximum absolute atomic E-state index is 12.3. The number of ether oxygens (including phenoxy) is 1. The lowest BCUT2D eigenvalue weighted by molar-refractivity contribution is -0.125. The van der Waals surface area contributed by atoms with Crippen LogP contribution in [-0.2, 0) is 26.5 Å². The van der Waals surface area contributed by atoms with Gasteiger partial charge in [0.1, 0.15) is 5.75 Å². The second-order valence-corrected chi connectivity index (χ2v) is 13.8. The Morgan fingerprint density at radius 2 is 1.81 bits per heavy atom. The number of nitrogens with two attached hydrogens (primary N) is 1. The monoisotopic (exact) mass is 526 g/mol. The second-order valence-electron chi connectivity index (χ2n) is 11.7. The van der Waals surface area contributed by atoms with Gasteiger partial charge < -0.3 is 20.9 Å². The number of carbonyl (C=O) groups excluding carboxylic acids is 1. The molecule has 4 atom stereocenters. The molecule has 0 spiro atoms. The summed E-state index contributed by atoms with van der Waals surface area (Å²) in [6, 6.07) is 5.57. The smallest absolute Gasteiger partial charge is 0.222 e. The number of rotatable bonds is 15. The fraction of sp³-hybridized carbons (Fsp3) is 0.750. The first-order valence-corrected chi connectivity index (χ1v) is 15.3. The van der Waals surface area contributed by atoms with Crippen LogP contribution in [0, 0.1) is 17.8 Å². The molecule has 0 aliphatic heterocycles. The van der Waals surface area contributed by atoms with Crippen molar-refractivity contribution in [3.8, 4) is 5.75 Å². The van der Waals surface area contributed by atoms with Crippen molar-refractivity contribution in [2.75, 3.05) is 18.7 Å². The number of sulfone groups is 1. The molecule has 1 rings (SSSR count). The van der Waals surface area contributed by atoms with Gasteiger partial charge in [-0.2, -0.15) is 0 Å². The molecular weight excluding hydrogens is 476 g/mol. The summed E-state index contributed by atoms with van der Waals surface area (Å²) in [4.78, 5) is 12.3. The Labute approximate surface area is 219 Å². The molecule has 0 fully saturated rings. The third-order valence-electron chi connectivity index (χ3n) is 6.66. The fourth-order valence-corrected chi connectivity index (χ4v) is 4.55. The molecule has 1 aromatic rings. The van der Waals surface area contributed by atoms with Crippen LogP contribution in [0.3, 0.4) is 0 Å². The molecule has 0 aromatic heterocycles. The molecule has 36 heavy (non-hydrogen) atoms. The molecule has 0 saturated carbocycles. The zero-order chi connectivity index (χ0) is 27.7. The topological polar surface area (TPSA) is 119 Å². The fourth-order valence-electron chi connectivity index (χ4n) is 4.21. The molecule has 1 amide bonds. The molecule has 7 nitrogen and oxygen atoms in total. The summed E-state index contributed by atoms with van der Waals surface area (Å²) in [6.07, 6.45) is 4.01. The van der Waals surface area contributed by atoms with E-state index in [9.17, 15) is 18.3 Å². The largest absolute Gasteiger partial charge is 0.477 e. The maximum Gasteiger partial charge on any atom is 0.222 e. The number of nitrogens with one attached hydrogen (secondary N) is 1. The van der Waals surface area contributed by atoms with Crippen molar-refractivity contribution in [2.45, 2.75) is 98.1 Å². The first kappa shape index (κ1) is 32.4. The molecule has 1 unspecified atom stereocenters. The number of hydrogen-bond donors (Lipinski definition) is 3. The quantitative estimate of drug-likeness (QED) is 0.295. The second kappa shape index (κ2) is 14.3. The van der Waals surface area contributed by atoms with Crippen LogP contribution in [-0.4, -0.2) is 50.3 Å². The molecule has 0 radical (unpaired) electrons. The van der Waals surface area contributed by atoms with E-state index in [0.29, 0.717) is 31.1 Å². The highest BCUT2D eigenvalue weighted by Crippen LogP contribution is 2.34. The number of benzene rings is 1. The summed E-state index contributed by atoms with van der Waals surface area (Å²) < 4.78 is 29.1. The van der Waals surface area contributed by atoms with Gasteiger partial charge in [0.05, 0.1) is 6.10 Å². The van der Waals surface area contributed by atoms with Gasteiger partial charge in [-0.15, -0.1) is 0 Å². The predicted octanol–water partition coefficient (Wildman–Crippen LogP) is 4.20. The Bertz CT molecular complexity index is 924. The van der Waals surface area contributed by atoms with Gasteiger partial charge in [-0.3, -0.25) is 4.79 Å². The van der Waals surface area contributed by atoms with E-state index in [0.717, 1.165) is 36.6 Å². The lowest BCUT2D eigenvalue weighted by atomic mass is 9.81. The van der Waals surface area contributed by atoms with Gasteiger partial charge in [-0.1, -0.05) is 67.0 Å². The van der Waals surface area contributed by atoms with E-state index in [2.05, 4.69) is 52.9 Å². The van der Waals surface area contributed by atoms with Crippen molar-refractivity contribution >= 4 is 15.7 Å². The average molecular weight is 527 g/mol. The minimum Gasteiger partial charge on any atom is -0.477 e. The summed E-state index contributed by atoms with van der Waals surface area (Å²) in [5.74, 6) is 0.386. The number of hydrogen-bond acceptors (Lipinski definition) is 6. The van der Waals surface area contributed by atoms with Crippen LogP contribution in [0.4, 0.5) is 0 Å². The zero-order valence-electron chi connectivity index (χ0n) is 23.6. The molecule has 1 aromatic carbocycles. The number of carbonyl (C=O) groups is 1. The minimum absolute atomic E-state index is 0.0457. The summed E-state index contributed by atoms with van der Waals surface area (Å²) in [6.45, 7) is 15.0. The van der Waals surface area contributed by atoms with Gasteiger partial charge >= 0.3 is 0 Å². The molecule has 0 saturated heterocycles. The first-order valence-electron chi connectivity index (χ1n) is 13.2. The summed E-state index contributed by atoms with van der Waals surface area (Å²) in [5, 5.41) is 13.7. The van der Waals surface area contributed by atoms with Crippen molar-refractivity contribution < 1.29 is 23.1 Å². The first-order chi connectivity index (χ1) is 16.5. The zero-order valence-corrected chi connectivity index (χ0v) is 24.5. The van der Waals surface area contributed by atoms with Crippen molar-refractivity contribution in [3.05, 3.63) is 29.3 Å². The van der Waals surface area contributed by atoms with Crippen molar-refractivity contribution in [3.63, 3.8) is 0 Å². The van der Waals surface area contributed by atoms with E-state index in [1.54, 1.807) is 0 Å². The van der Waals surface area contributed by atoms with Crippen molar-refractivity contribution in [1.82, 2.24) is 5.32 Å². The molecule has 0 bridgehead atoms. The van der Waals surface area contributed by atoms with E-state index in [1.165, 1.54) is 0 Å². The Morgan fingerprint density at radius 1 is 1.17 bits per heavy atom. The Kier molecular flexibility index (Phi) is 12.9. The molecule has 208 valence electrons. The Balaban J connectivity index is 2.93. The van der Waals surface area contributed by atoms with Crippen LogP contribution < -0.4 is 15.8 Å². The van der Waals surface area contributed by atoms with Gasteiger partial charge in [0, 0.05) is 24.8 Å². The highest BCUT2D eigenvalue weighted by Gasteiger charge is 2.27. The van der Waals surface area contributed by atoms with Crippen LogP contribution >= 0.6 is 0 Å². The minimum atomic E-state index is -3.28. The van der Waals surface area contributed by atoms with Crippen LogP contribution in [0.2, 0.25) is 0 Å². The van der Waals surface area contributed by atoms with Gasteiger partial charge in [0.2, 0.25) is 5.91 Å². The lowest BCUT2D eigenvalue weighted by Crippen LogP contribution is -2.41. The van der Waals surface area contributed by atoms with Crippen molar-refractivity contribution in [1.29, 1.82) is 0 Å². The van der Waals surface area contributed by atoms with Crippen LogP contribution in [0.25, 0.3) is 0 Å². The standard InChI is InChI=1S/C28H50N2O5S/c1-9-10-13-30-27(32)20(4)14-25(31)24(29)17-22(19(2)3)15-21-11-12-23(28(5,6)7)26(16-21)35-18-36(8,33)34/h11-12,16,19-20,22,24-25,31H,9-10,13-15,17-18,29H2,1-8H3,(H,30,32)/t20?,22-,24-,25-/m0/s1. The maximum atomic E-state index is 12.3. The SMILES string of the molecule is CCCCNC(=O)C(C)C[C@H](O)[C@@H](N)C[C@H](Cc1ccc(C(C)(C)C)c(OCS(C)(=O)=O)c1)C(C)C. The highest BCUT2D eigenvalue weighted by atomic mass is 32.2. The Hall–Kier alpha value is -1.64. The summed E-state index contributed by atoms with van der Waals surface area (Å²) in [5.41, 5.74) is 8.20. The molecular formula is C28H50N2O5S. The third kappa shape index (κ3) is 11.6. The van der Waals surface area contributed by atoms with E-state index in [1.807, 2.05) is 19.1 Å². The summed E-state index contributed by atoms with van der Waals surface area (Å²) >= 11 is 0. The normalized spacial score (nSPS) is 15.9. The van der Waals surface area contributed by atoms with E-state index in [4.69, 9.17) is 10.5 Å². The molecule has 8 heteroatoms. The summed E-state index contributed by atoms with van der Waals surface area (Å²) in [7, 11) is -3.28. The number of aliphatic hydroxyl groups excluding tert-OH is 1. The van der Waals surface area contributed by atoms with Gasteiger partial charge in [0.25, 0.3) is 0 Å². The molecule has 0 aliphatic rings. The highest BCUT2D eigenvalue weighted by molar-refractivity contribution is 7.90. The molecule has 0 aliphatic carbocycles. The Morgan fingerprint density at radius 3 is 2.33 bits per heavy atom. The van der Waals surface area contributed by atoms with E-state index >= 15 is 0 Å². The van der Waals surface area contributed by atoms with E-state index in [-0.39, 0.29) is 29.1 Å². The lowest BCUT2D eigenvalue weighted by Gasteiger charge is -2.29. The van der Waals surface area contributed by atoms with E-state index < -0.39 is 22.0 Å². The predicted molar refractivity (Wildman–Crippen MR) is 148 cm³/mol. The van der Waals surface area contributed by atoms with Crippen LogP contribution in [0.15, 0.2) is 18.2 Å². The number of amides is 1. The number of aliphatic hydroxyl groups is 1.